The maximum atomic E-state index is 12.4. The summed E-state index contributed by atoms with van der Waals surface area (Å²) in [5, 5.41) is 2.93. The van der Waals surface area contributed by atoms with Gasteiger partial charge in [0.2, 0.25) is 0 Å². The molecule has 4 nitrogen and oxygen atoms in total. The van der Waals surface area contributed by atoms with Crippen molar-refractivity contribution in [3.63, 3.8) is 0 Å². The summed E-state index contributed by atoms with van der Waals surface area (Å²) in [5.74, 6) is 1.22. The van der Waals surface area contributed by atoms with Crippen molar-refractivity contribution >= 4 is 11.6 Å². The number of aryl methyl sites for hydroxylation is 1. The molecule has 1 aromatic carbocycles. The number of benzene rings is 1. The van der Waals surface area contributed by atoms with E-state index in [1.54, 1.807) is 7.11 Å². The van der Waals surface area contributed by atoms with Gasteiger partial charge in [0, 0.05) is 12.8 Å². The van der Waals surface area contributed by atoms with E-state index in [1.807, 2.05) is 39.0 Å². The van der Waals surface area contributed by atoms with Crippen LogP contribution in [0.5, 0.6) is 5.75 Å². The van der Waals surface area contributed by atoms with Crippen molar-refractivity contribution in [2.75, 3.05) is 19.0 Å². The fourth-order valence-corrected chi connectivity index (χ4v) is 2.19. The minimum Gasteiger partial charge on any atom is -0.493 e. The molecule has 0 saturated heterocycles. The van der Waals surface area contributed by atoms with Gasteiger partial charge in [-0.25, -0.2) is 0 Å². The van der Waals surface area contributed by atoms with Crippen LogP contribution in [-0.2, 0) is 9.53 Å². The molecule has 0 aliphatic rings. The Bertz CT molecular complexity index is 499. The summed E-state index contributed by atoms with van der Waals surface area (Å²) in [5.41, 5.74) is 0.974. The Morgan fingerprint density at radius 1 is 1.36 bits per heavy atom. The maximum Gasteiger partial charge on any atom is 0.256 e. The predicted octanol–water partition coefficient (Wildman–Crippen LogP) is 4.17. The summed E-state index contributed by atoms with van der Waals surface area (Å²) >= 11 is 0. The Morgan fingerprint density at radius 3 is 2.55 bits per heavy atom. The Balaban J connectivity index is 2.78. The van der Waals surface area contributed by atoms with E-state index in [2.05, 4.69) is 19.2 Å². The number of ether oxygens (including phenoxy) is 2. The summed E-state index contributed by atoms with van der Waals surface area (Å²) < 4.78 is 11.1. The van der Waals surface area contributed by atoms with Gasteiger partial charge in [0.25, 0.3) is 5.91 Å². The van der Waals surface area contributed by atoms with Crippen molar-refractivity contribution in [3.8, 4) is 5.75 Å². The molecule has 0 aliphatic heterocycles. The van der Waals surface area contributed by atoms with Gasteiger partial charge in [-0.15, -0.1) is 0 Å². The maximum absolute atomic E-state index is 12.4. The van der Waals surface area contributed by atoms with Crippen LogP contribution < -0.4 is 10.1 Å². The van der Waals surface area contributed by atoms with Gasteiger partial charge < -0.3 is 14.8 Å². The third-order valence-electron chi connectivity index (χ3n) is 3.66. The molecule has 0 bridgehead atoms. The Morgan fingerprint density at radius 2 is 2.05 bits per heavy atom. The van der Waals surface area contributed by atoms with Crippen LogP contribution in [0.25, 0.3) is 0 Å². The molecule has 1 aromatic rings. The van der Waals surface area contributed by atoms with E-state index in [-0.39, 0.29) is 5.91 Å². The number of amides is 1. The zero-order chi connectivity index (χ0) is 16.8. The minimum atomic E-state index is -0.796. The van der Waals surface area contributed by atoms with E-state index in [1.165, 1.54) is 0 Å². The normalized spacial score (nSPS) is 13.8. The van der Waals surface area contributed by atoms with E-state index >= 15 is 0 Å². The van der Waals surface area contributed by atoms with Gasteiger partial charge in [-0.05, 0) is 49.9 Å². The summed E-state index contributed by atoms with van der Waals surface area (Å²) in [6.45, 7) is 10.7. The number of hydrogen-bond acceptors (Lipinski definition) is 3. The Kier molecular flexibility index (Phi) is 6.88. The smallest absolute Gasteiger partial charge is 0.256 e. The average molecular weight is 307 g/mol. The Labute approximate surface area is 134 Å². The van der Waals surface area contributed by atoms with Crippen LogP contribution in [0.15, 0.2) is 18.2 Å². The minimum absolute atomic E-state index is 0.118. The third-order valence-corrected chi connectivity index (χ3v) is 3.66. The number of rotatable bonds is 8. The van der Waals surface area contributed by atoms with Gasteiger partial charge in [-0.2, -0.15) is 0 Å². The van der Waals surface area contributed by atoms with Crippen LogP contribution in [0.4, 0.5) is 5.69 Å². The lowest BCUT2D eigenvalue weighted by molar-refractivity contribution is -0.136. The first-order valence-corrected chi connectivity index (χ1v) is 7.92. The predicted molar refractivity (Wildman–Crippen MR) is 90.5 cm³/mol. The number of carbonyl (C=O) groups excluding carboxylic acids is 1. The Hall–Kier alpha value is -1.55. The van der Waals surface area contributed by atoms with Gasteiger partial charge in [-0.1, -0.05) is 27.2 Å². The molecule has 22 heavy (non-hydrogen) atoms. The van der Waals surface area contributed by atoms with Crippen LogP contribution in [0.1, 0.15) is 46.1 Å². The molecule has 1 rings (SSSR count). The number of hydrogen-bond donors (Lipinski definition) is 1. The molecule has 0 unspecified atom stereocenters. The van der Waals surface area contributed by atoms with Crippen molar-refractivity contribution in [3.05, 3.63) is 23.8 Å². The highest BCUT2D eigenvalue weighted by molar-refractivity contribution is 5.97. The first-order chi connectivity index (χ1) is 10.3. The fourth-order valence-electron chi connectivity index (χ4n) is 2.19. The van der Waals surface area contributed by atoms with Gasteiger partial charge in [0.05, 0.1) is 6.61 Å². The second-order valence-electron chi connectivity index (χ2n) is 6.32. The molecule has 0 saturated carbocycles. The standard InChI is InChI=1S/C18H29NO3/c1-7-10-18(5,21-6)17(20)19-15-8-9-16(14(4)11-15)22-12-13(2)3/h8-9,11,13H,7,10,12H2,1-6H3,(H,19,20)/t18-/m0/s1. The second-order valence-corrected chi connectivity index (χ2v) is 6.32. The molecule has 1 atom stereocenters. The van der Waals surface area contributed by atoms with Crippen LogP contribution in [0.2, 0.25) is 0 Å². The van der Waals surface area contributed by atoms with Crippen molar-refractivity contribution in [2.24, 2.45) is 5.92 Å². The monoisotopic (exact) mass is 307 g/mol. The fraction of sp³-hybridized carbons (Fsp3) is 0.611. The van der Waals surface area contributed by atoms with Crippen LogP contribution in [-0.4, -0.2) is 25.2 Å². The first kappa shape index (κ1) is 18.5. The summed E-state index contributed by atoms with van der Waals surface area (Å²) in [6.07, 6.45) is 1.57. The highest BCUT2D eigenvalue weighted by Gasteiger charge is 2.32. The molecular formula is C18H29NO3. The molecule has 0 heterocycles. The van der Waals surface area contributed by atoms with Crippen LogP contribution in [0, 0.1) is 12.8 Å². The van der Waals surface area contributed by atoms with E-state index in [4.69, 9.17) is 9.47 Å². The van der Waals surface area contributed by atoms with E-state index < -0.39 is 5.60 Å². The molecule has 4 heteroatoms. The highest BCUT2D eigenvalue weighted by atomic mass is 16.5. The van der Waals surface area contributed by atoms with E-state index in [0.717, 1.165) is 23.4 Å². The van der Waals surface area contributed by atoms with Crippen LogP contribution in [0.3, 0.4) is 0 Å². The molecule has 0 aromatic heterocycles. The summed E-state index contributed by atoms with van der Waals surface area (Å²) in [7, 11) is 1.57. The number of methoxy groups -OCH3 is 1. The topological polar surface area (TPSA) is 47.6 Å². The number of anilines is 1. The molecule has 0 spiro atoms. The zero-order valence-corrected chi connectivity index (χ0v) is 14.7. The van der Waals surface area contributed by atoms with Crippen LogP contribution >= 0.6 is 0 Å². The average Bonchev–Trinajstić information content (AvgIpc) is 2.46. The lowest BCUT2D eigenvalue weighted by atomic mass is 9.99. The molecule has 0 radical (unpaired) electrons. The zero-order valence-electron chi connectivity index (χ0n) is 14.7. The highest BCUT2D eigenvalue weighted by Crippen LogP contribution is 2.24. The third kappa shape index (κ3) is 5.02. The lowest BCUT2D eigenvalue weighted by Gasteiger charge is -2.26. The van der Waals surface area contributed by atoms with Gasteiger partial charge in [0.1, 0.15) is 11.4 Å². The van der Waals surface area contributed by atoms with Crippen molar-refractivity contribution < 1.29 is 14.3 Å². The van der Waals surface area contributed by atoms with Gasteiger partial charge in [0.15, 0.2) is 0 Å². The van der Waals surface area contributed by atoms with Crippen molar-refractivity contribution in [1.29, 1.82) is 0 Å². The van der Waals surface area contributed by atoms with E-state index in [0.29, 0.717) is 18.9 Å². The molecule has 0 aliphatic carbocycles. The van der Waals surface area contributed by atoms with Gasteiger partial charge in [-0.3, -0.25) is 4.79 Å². The second kappa shape index (κ2) is 8.18. The summed E-state index contributed by atoms with van der Waals surface area (Å²) in [6, 6.07) is 5.69. The molecule has 1 amide bonds. The quantitative estimate of drug-likeness (QED) is 0.784. The largest absolute Gasteiger partial charge is 0.493 e. The number of nitrogens with one attached hydrogen (secondary N) is 1. The lowest BCUT2D eigenvalue weighted by Crippen LogP contribution is -2.41. The molecule has 0 fully saturated rings. The molecule has 124 valence electrons. The van der Waals surface area contributed by atoms with E-state index in [9.17, 15) is 4.79 Å². The molecule has 1 N–H and O–H groups in total. The van der Waals surface area contributed by atoms with Gasteiger partial charge >= 0.3 is 0 Å². The first-order valence-electron chi connectivity index (χ1n) is 7.92. The SMILES string of the molecule is CCC[C@](C)(OC)C(=O)Nc1ccc(OCC(C)C)c(C)c1. The van der Waals surface area contributed by atoms with Crippen molar-refractivity contribution in [2.45, 2.75) is 53.1 Å². The van der Waals surface area contributed by atoms with Crippen molar-refractivity contribution in [1.82, 2.24) is 0 Å². The number of carbonyl (C=O) groups is 1. The molecular weight excluding hydrogens is 278 g/mol. The summed E-state index contributed by atoms with van der Waals surface area (Å²) in [4.78, 5) is 12.4.